The summed E-state index contributed by atoms with van der Waals surface area (Å²) in [6.07, 6.45) is 6.43. The molecule has 0 spiro atoms. The minimum Gasteiger partial charge on any atom is -0.396 e. The lowest BCUT2D eigenvalue weighted by Crippen LogP contribution is -2.67. The molecule has 4 saturated carbocycles. The van der Waals surface area contributed by atoms with E-state index in [1.165, 1.54) is 6.42 Å². The van der Waals surface area contributed by atoms with Gasteiger partial charge in [-0.05, 0) is 85.9 Å². The molecule has 0 aromatic carbocycles. The average Bonchev–Trinajstić information content (AvgIpc) is 2.64. The predicted octanol–water partition coefficient (Wildman–Crippen LogP) is 3.95. The maximum absolute atomic E-state index is 12.2. The van der Waals surface area contributed by atoms with Crippen molar-refractivity contribution in [2.75, 3.05) is 6.61 Å². The topological polar surface area (TPSA) is 77.8 Å². The Kier molecular flexibility index (Phi) is 5.08. The van der Waals surface area contributed by atoms with E-state index in [4.69, 9.17) is 0 Å². The van der Waals surface area contributed by atoms with E-state index in [-0.39, 0.29) is 51.8 Å². The van der Waals surface area contributed by atoms with Gasteiger partial charge < -0.3 is 15.3 Å². The molecule has 0 amide bonds. The van der Waals surface area contributed by atoms with Crippen LogP contribution in [0.2, 0.25) is 0 Å². The number of carbonyl (C=O) groups excluding carboxylic acids is 1. The largest absolute Gasteiger partial charge is 0.396 e. The van der Waals surface area contributed by atoms with E-state index in [1.54, 1.807) is 6.92 Å². The summed E-state index contributed by atoms with van der Waals surface area (Å²) in [7, 11) is 0. The molecule has 4 aliphatic carbocycles. The van der Waals surface area contributed by atoms with Gasteiger partial charge in [0.2, 0.25) is 0 Å². The molecule has 4 heteroatoms. The Hall–Kier alpha value is -0.450. The van der Waals surface area contributed by atoms with Gasteiger partial charge in [-0.3, -0.25) is 4.79 Å². The van der Waals surface area contributed by atoms with E-state index < -0.39 is 12.2 Å². The highest BCUT2D eigenvalue weighted by atomic mass is 16.3. The zero-order valence-corrected chi connectivity index (χ0v) is 19.1. The van der Waals surface area contributed by atoms with Gasteiger partial charge in [-0.25, -0.2) is 0 Å². The molecular weight excluding hydrogens is 364 g/mol. The molecule has 0 aromatic rings. The Morgan fingerprint density at radius 2 is 1.62 bits per heavy atom. The number of Topliss-reactive ketones (excluding diaryl/α,β-unsaturated/α-hetero) is 1. The summed E-state index contributed by atoms with van der Waals surface area (Å²) in [6, 6.07) is 0. The predicted molar refractivity (Wildman–Crippen MR) is 113 cm³/mol. The third-order valence-electron chi connectivity index (χ3n) is 10.8. The number of hydrogen-bond donors (Lipinski definition) is 3. The van der Waals surface area contributed by atoms with Crippen LogP contribution >= 0.6 is 0 Å². The molecule has 9 atom stereocenters. The normalized spacial score (nSPS) is 54.1. The Bertz CT molecular complexity index is 674. The Morgan fingerprint density at radius 3 is 2.24 bits per heavy atom. The molecule has 0 bridgehead atoms. The van der Waals surface area contributed by atoms with Gasteiger partial charge in [0.15, 0.2) is 0 Å². The molecular formula is C25H42O4. The molecule has 4 rings (SSSR count). The van der Waals surface area contributed by atoms with Gasteiger partial charge in [-0.15, -0.1) is 0 Å². The summed E-state index contributed by atoms with van der Waals surface area (Å²) in [5, 5.41) is 33.1. The van der Waals surface area contributed by atoms with Gasteiger partial charge in [0.1, 0.15) is 5.78 Å². The molecule has 4 fully saturated rings. The van der Waals surface area contributed by atoms with Crippen LogP contribution in [-0.4, -0.2) is 39.9 Å². The van der Waals surface area contributed by atoms with Crippen molar-refractivity contribution < 1.29 is 20.1 Å². The van der Waals surface area contributed by atoms with Gasteiger partial charge >= 0.3 is 0 Å². The minimum absolute atomic E-state index is 0.0105. The van der Waals surface area contributed by atoms with E-state index in [0.717, 1.165) is 32.1 Å². The fraction of sp³-hybridized carbons (Fsp3) is 0.960. The third-order valence-corrected chi connectivity index (χ3v) is 10.8. The Labute approximate surface area is 176 Å². The second-order valence-corrected chi connectivity index (χ2v) is 12.4. The third kappa shape index (κ3) is 2.84. The highest BCUT2D eigenvalue weighted by molar-refractivity contribution is 5.79. The summed E-state index contributed by atoms with van der Waals surface area (Å²) in [4.78, 5) is 12.2. The van der Waals surface area contributed by atoms with Crippen molar-refractivity contribution in [1.29, 1.82) is 0 Å². The van der Waals surface area contributed by atoms with Crippen molar-refractivity contribution in [2.24, 2.45) is 45.3 Å². The first-order valence-electron chi connectivity index (χ1n) is 11.9. The van der Waals surface area contributed by atoms with Crippen molar-refractivity contribution in [3.8, 4) is 0 Å². The zero-order valence-electron chi connectivity index (χ0n) is 19.1. The van der Waals surface area contributed by atoms with Crippen LogP contribution < -0.4 is 0 Å². The Balaban J connectivity index is 1.77. The van der Waals surface area contributed by atoms with Crippen LogP contribution in [0, 0.1) is 45.3 Å². The molecule has 3 N–H and O–H groups in total. The van der Waals surface area contributed by atoms with Gasteiger partial charge in [0, 0.05) is 17.9 Å². The summed E-state index contributed by atoms with van der Waals surface area (Å²) >= 11 is 0. The number of ketones is 1. The van der Waals surface area contributed by atoms with Gasteiger partial charge in [0.05, 0.1) is 12.2 Å². The molecule has 9 unspecified atom stereocenters. The fourth-order valence-electron chi connectivity index (χ4n) is 9.33. The van der Waals surface area contributed by atoms with Crippen molar-refractivity contribution >= 4 is 5.78 Å². The molecule has 4 nitrogen and oxygen atoms in total. The van der Waals surface area contributed by atoms with Crippen molar-refractivity contribution in [3.05, 3.63) is 0 Å². The van der Waals surface area contributed by atoms with Crippen molar-refractivity contribution in [3.63, 3.8) is 0 Å². The molecule has 0 saturated heterocycles. The molecule has 0 heterocycles. The monoisotopic (exact) mass is 406 g/mol. The fourth-order valence-corrected chi connectivity index (χ4v) is 9.33. The SMILES string of the molecule is CC(=O)C1CC2(C)C(O)CC3C(C)(CCC4C(C)(C)CCCC43CO)C2CC1O. The number of aliphatic hydroxyl groups excluding tert-OH is 3. The molecule has 29 heavy (non-hydrogen) atoms. The number of fused-ring (bicyclic) bond motifs is 5. The van der Waals surface area contributed by atoms with E-state index in [1.807, 2.05) is 0 Å². The number of carbonyl (C=O) groups is 1. The van der Waals surface area contributed by atoms with Crippen molar-refractivity contribution in [1.82, 2.24) is 0 Å². The van der Waals surface area contributed by atoms with Crippen LogP contribution in [0.5, 0.6) is 0 Å². The van der Waals surface area contributed by atoms with Crippen LogP contribution in [0.1, 0.15) is 86.0 Å². The van der Waals surface area contributed by atoms with Gasteiger partial charge in [-0.1, -0.05) is 34.1 Å². The highest BCUT2D eigenvalue weighted by Gasteiger charge is 2.68. The molecule has 4 aliphatic rings. The summed E-state index contributed by atoms with van der Waals surface area (Å²) < 4.78 is 0. The van der Waals surface area contributed by atoms with Crippen LogP contribution in [0.3, 0.4) is 0 Å². The molecule has 0 aromatic heterocycles. The van der Waals surface area contributed by atoms with E-state index in [0.29, 0.717) is 18.8 Å². The standard InChI is InChI=1S/C25H42O4/c1-15(27)16-13-24(5)19(11-17(16)28)23(4)10-7-18-22(2,3)8-6-9-25(18,14-26)20(23)12-21(24)29/h16-21,26,28-29H,6-14H2,1-5H3. The first kappa shape index (κ1) is 21.8. The van der Waals surface area contributed by atoms with E-state index >= 15 is 0 Å². The number of aliphatic hydroxyl groups is 3. The van der Waals surface area contributed by atoms with Crippen LogP contribution in [0.15, 0.2) is 0 Å². The molecule has 0 aliphatic heterocycles. The lowest BCUT2D eigenvalue weighted by Gasteiger charge is -2.70. The smallest absolute Gasteiger partial charge is 0.135 e. The zero-order chi connectivity index (χ0) is 21.4. The minimum atomic E-state index is -0.612. The van der Waals surface area contributed by atoms with Crippen LogP contribution in [0.4, 0.5) is 0 Å². The van der Waals surface area contributed by atoms with E-state index in [2.05, 4.69) is 27.7 Å². The van der Waals surface area contributed by atoms with Gasteiger partial charge in [-0.2, -0.15) is 0 Å². The Morgan fingerprint density at radius 1 is 0.931 bits per heavy atom. The first-order chi connectivity index (χ1) is 13.4. The van der Waals surface area contributed by atoms with Crippen LogP contribution in [0.25, 0.3) is 0 Å². The summed E-state index contributed by atoms with van der Waals surface area (Å²) in [6.45, 7) is 11.1. The van der Waals surface area contributed by atoms with E-state index in [9.17, 15) is 20.1 Å². The summed E-state index contributed by atoms with van der Waals surface area (Å²) in [5.41, 5.74) is -0.253. The molecule has 166 valence electrons. The maximum atomic E-state index is 12.2. The molecule has 0 radical (unpaired) electrons. The number of hydrogen-bond acceptors (Lipinski definition) is 4. The number of rotatable bonds is 2. The second-order valence-electron chi connectivity index (χ2n) is 12.4. The van der Waals surface area contributed by atoms with Gasteiger partial charge in [0.25, 0.3) is 0 Å². The first-order valence-corrected chi connectivity index (χ1v) is 11.9. The lowest BCUT2D eigenvalue weighted by molar-refractivity contribution is -0.255. The van der Waals surface area contributed by atoms with Crippen molar-refractivity contribution in [2.45, 2.75) is 98.2 Å². The second kappa shape index (κ2) is 6.77. The lowest BCUT2D eigenvalue weighted by atomic mass is 9.34. The summed E-state index contributed by atoms with van der Waals surface area (Å²) in [5.74, 6) is 0.627. The quantitative estimate of drug-likeness (QED) is 0.649. The highest BCUT2D eigenvalue weighted by Crippen LogP contribution is 2.72. The maximum Gasteiger partial charge on any atom is 0.135 e. The average molecular weight is 407 g/mol. The van der Waals surface area contributed by atoms with Crippen LogP contribution in [-0.2, 0) is 4.79 Å².